The number of rotatable bonds is 3. The highest BCUT2D eigenvalue weighted by Crippen LogP contribution is 2.33. The lowest BCUT2D eigenvalue weighted by atomic mass is 9.96. The smallest absolute Gasteiger partial charge is 0.324 e. The Bertz CT molecular complexity index is 435. The summed E-state index contributed by atoms with van der Waals surface area (Å²) in [5, 5.41) is 0. The minimum Gasteiger partial charge on any atom is -0.324 e. The van der Waals surface area contributed by atoms with E-state index >= 15 is 0 Å². The molecule has 7 heteroatoms. The second kappa shape index (κ2) is 5.40. The van der Waals surface area contributed by atoms with Gasteiger partial charge in [0.2, 0.25) is 0 Å². The van der Waals surface area contributed by atoms with Crippen LogP contribution < -0.4 is 5.73 Å². The molecule has 1 nitrogen and oxygen atoms in total. The molecule has 2 N–H and O–H groups in total. The molecule has 0 spiro atoms. The Morgan fingerprint density at radius 2 is 1.68 bits per heavy atom. The fourth-order valence-corrected chi connectivity index (χ4v) is 1.74. The third kappa shape index (κ3) is 4.74. The first-order chi connectivity index (χ1) is 8.50. The zero-order valence-corrected chi connectivity index (χ0v) is 10.1. The Hall–Kier alpha value is -1.24. The van der Waals surface area contributed by atoms with Gasteiger partial charge in [0.25, 0.3) is 0 Å². The molecule has 0 saturated carbocycles. The van der Waals surface area contributed by atoms with Crippen molar-refractivity contribution in [1.82, 2.24) is 0 Å². The van der Waals surface area contributed by atoms with E-state index in [4.69, 9.17) is 5.73 Å². The first kappa shape index (κ1) is 15.8. The van der Waals surface area contributed by atoms with E-state index in [1.807, 2.05) is 0 Å². The molecule has 0 aliphatic carbocycles. The molecule has 0 aliphatic heterocycles. The van der Waals surface area contributed by atoms with Gasteiger partial charge in [-0.3, -0.25) is 0 Å². The van der Waals surface area contributed by atoms with Crippen LogP contribution in [-0.4, -0.2) is 6.18 Å². The van der Waals surface area contributed by atoms with Crippen LogP contribution in [-0.2, 0) is 6.18 Å². The molecule has 0 aromatic heterocycles. The van der Waals surface area contributed by atoms with Crippen molar-refractivity contribution in [2.75, 3.05) is 0 Å². The molecule has 1 unspecified atom stereocenters. The predicted molar refractivity (Wildman–Crippen MR) is 58.4 cm³/mol. The number of alkyl halides is 6. The van der Waals surface area contributed by atoms with E-state index in [2.05, 4.69) is 0 Å². The van der Waals surface area contributed by atoms with Crippen LogP contribution in [0.3, 0.4) is 0 Å². The highest BCUT2D eigenvalue weighted by Gasteiger charge is 2.31. The van der Waals surface area contributed by atoms with Crippen LogP contribution in [0.25, 0.3) is 0 Å². The van der Waals surface area contributed by atoms with E-state index in [0.717, 1.165) is 18.2 Å². The van der Waals surface area contributed by atoms with Gasteiger partial charge in [0, 0.05) is 12.5 Å². The summed E-state index contributed by atoms with van der Waals surface area (Å²) in [7, 11) is 0. The Labute approximate surface area is 106 Å². The lowest BCUT2D eigenvalue weighted by molar-refractivity contribution is -0.137. The first-order valence-electron chi connectivity index (χ1n) is 5.51. The molecule has 1 aromatic rings. The number of nitrogens with two attached hydrogens (primary N) is 1. The van der Waals surface area contributed by atoms with Gasteiger partial charge in [-0.05, 0) is 36.6 Å². The summed E-state index contributed by atoms with van der Waals surface area (Å²) in [6.45, 7) is 1.40. The second-order valence-electron chi connectivity index (χ2n) is 4.33. The highest BCUT2D eigenvalue weighted by atomic mass is 19.4. The molecular formula is C12H13F6N. The average Bonchev–Trinajstić information content (AvgIpc) is 2.23. The average molecular weight is 285 g/mol. The lowest BCUT2D eigenvalue weighted by Crippen LogP contribution is -2.17. The second-order valence-corrected chi connectivity index (χ2v) is 4.33. The summed E-state index contributed by atoms with van der Waals surface area (Å²) in [4.78, 5) is 0. The van der Waals surface area contributed by atoms with Gasteiger partial charge < -0.3 is 5.73 Å². The summed E-state index contributed by atoms with van der Waals surface area (Å²) in [6.07, 6.45) is -10.2. The Balaban J connectivity index is 2.85. The van der Waals surface area contributed by atoms with Crippen LogP contribution in [0.5, 0.6) is 0 Å². The minimum absolute atomic E-state index is 0.240. The van der Waals surface area contributed by atoms with Crippen LogP contribution >= 0.6 is 0 Å². The zero-order valence-electron chi connectivity index (χ0n) is 10.1. The summed E-state index contributed by atoms with van der Waals surface area (Å²) < 4.78 is 73.4. The summed E-state index contributed by atoms with van der Waals surface area (Å²) >= 11 is 0. The van der Waals surface area contributed by atoms with Crippen molar-refractivity contribution < 1.29 is 26.3 Å². The number of benzene rings is 1. The maximum Gasteiger partial charge on any atom is 0.416 e. The molecule has 1 rings (SSSR count). The molecule has 0 bridgehead atoms. The van der Waals surface area contributed by atoms with E-state index in [1.165, 1.54) is 6.92 Å². The molecular weight excluding hydrogens is 272 g/mol. The Kier molecular flexibility index (Phi) is 4.50. The number of aryl methyl sites for hydroxylation is 1. The van der Waals surface area contributed by atoms with Crippen molar-refractivity contribution in [1.29, 1.82) is 0 Å². The van der Waals surface area contributed by atoms with Crippen LogP contribution in [0.2, 0.25) is 0 Å². The molecule has 1 aromatic carbocycles. The van der Waals surface area contributed by atoms with Crippen LogP contribution in [0.4, 0.5) is 26.3 Å². The van der Waals surface area contributed by atoms with Gasteiger partial charge in [-0.2, -0.15) is 26.3 Å². The fourth-order valence-electron chi connectivity index (χ4n) is 1.74. The third-order valence-electron chi connectivity index (χ3n) is 2.74. The lowest BCUT2D eigenvalue weighted by Gasteiger charge is -2.17. The molecule has 0 radical (unpaired) electrons. The molecule has 0 heterocycles. The van der Waals surface area contributed by atoms with E-state index in [-0.39, 0.29) is 12.0 Å². The van der Waals surface area contributed by atoms with Crippen molar-refractivity contribution in [2.24, 2.45) is 5.73 Å². The largest absolute Gasteiger partial charge is 0.416 e. The summed E-state index contributed by atoms with van der Waals surface area (Å²) in [6, 6.07) is 1.93. The molecule has 0 saturated heterocycles. The topological polar surface area (TPSA) is 26.0 Å². The van der Waals surface area contributed by atoms with Gasteiger partial charge in [-0.15, -0.1) is 0 Å². The van der Waals surface area contributed by atoms with E-state index in [1.54, 1.807) is 0 Å². The number of hydrogen-bond donors (Lipinski definition) is 1. The summed E-state index contributed by atoms with van der Waals surface area (Å²) in [5.74, 6) is 0. The van der Waals surface area contributed by atoms with Gasteiger partial charge in [0.1, 0.15) is 0 Å². The van der Waals surface area contributed by atoms with Crippen molar-refractivity contribution in [3.63, 3.8) is 0 Å². The summed E-state index contributed by atoms with van der Waals surface area (Å²) in [5.41, 5.74) is 5.29. The maximum atomic E-state index is 12.4. The van der Waals surface area contributed by atoms with E-state index in [0.29, 0.717) is 5.56 Å². The molecule has 108 valence electrons. The van der Waals surface area contributed by atoms with Crippen LogP contribution in [0, 0.1) is 6.92 Å². The van der Waals surface area contributed by atoms with Gasteiger partial charge in [0.15, 0.2) is 0 Å². The molecule has 19 heavy (non-hydrogen) atoms. The van der Waals surface area contributed by atoms with E-state index < -0.39 is 30.4 Å². The van der Waals surface area contributed by atoms with Crippen LogP contribution in [0.1, 0.15) is 35.6 Å². The SMILES string of the molecule is Cc1cc(C(F)(F)F)ccc1C(N)CCC(F)(F)F. The maximum absolute atomic E-state index is 12.4. The minimum atomic E-state index is -4.47. The van der Waals surface area contributed by atoms with Crippen LogP contribution in [0.15, 0.2) is 18.2 Å². The van der Waals surface area contributed by atoms with Gasteiger partial charge in [-0.1, -0.05) is 6.07 Å². The molecule has 1 atom stereocenters. The van der Waals surface area contributed by atoms with Crippen molar-refractivity contribution >= 4 is 0 Å². The Morgan fingerprint density at radius 3 is 2.11 bits per heavy atom. The van der Waals surface area contributed by atoms with Gasteiger partial charge in [0.05, 0.1) is 5.56 Å². The molecule has 0 aliphatic rings. The van der Waals surface area contributed by atoms with Crippen molar-refractivity contribution in [2.45, 2.75) is 38.2 Å². The standard InChI is InChI=1S/C12H13F6N/c1-7-6-8(12(16,17)18)2-3-9(7)10(19)4-5-11(13,14)15/h2-3,6,10H,4-5,19H2,1H3. The number of halogens is 6. The van der Waals surface area contributed by atoms with Crippen molar-refractivity contribution in [3.8, 4) is 0 Å². The quantitative estimate of drug-likeness (QED) is 0.821. The predicted octanol–water partition coefficient (Wildman–Crippen LogP) is 4.36. The van der Waals surface area contributed by atoms with Gasteiger partial charge >= 0.3 is 12.4 Å². The van der Waals surface area contributed by atoms with Crippen molar-refractivity contribution in [3.05, 3.63) is 34.9 Å². The zero-order chi connectivity index (χ0) is 14.8. The fraction of sp³-hybridized carbons (Fsp3) is 0.500. The normalized spacial score (nSPS) is 14.5. The van der Waals surface area contributed by atoms with Gasteiger partial charge in [-0.25, -0.2) is 0 Å². The highest BCUT2D eigenvalue weighted by molar-refractivity contribution is 5.34. The third-order valence-corrected chi connectivity index (χ3v) is 2.74. The molecule has 0 amide bonds. The molecule has 0 fully saturated rings. The first-order valence-corrected chi connectivity index (χ1v) is 5.51. The van der Waals surface area contributed by atoms with E-state index in [9.17, 15) is 26.3 Å². The Morgan fingerprint density at radius 1 is 1.11 bits per heavy atom. The number of hydrogen-bond acceptors (Lipinski definition) is 1. The monoisotopic (exact) mass is 285 g/mol.